The van der Waals surface area contributed by atoms with Crippen molar-refractivity contribution < 1.29 is 9.59 Å². The second kappa shape index (κ2) is 10.4. The average molecular weight is 393 g/mol. The molecule has 2 N–H and O–H groups in total. The summed E-state index contributed by atoms with van der Waals surface area (Å²) in [7, 11) is 0. The molecule has 0 radical (unpaired) electrons. The largest absolute Gasteiger partial charge is 0.355 e. The third-order valence-corrected chi connectivity index (χ3v) is 4.79. The Labute approximate surface area is 171 Å². The number of aryl methyl sites for hydroxylation is 1. The lowest BCUT2D eigenvalue weighted by atomic mass is 10.2. The SMILES string of the molecule is CCCCNC(=O)Cn1c(CCCNC(=O)c2ccccc2)nc2ccccc21. The first-order valence-corrected chi connectivity index (χ1v) is 10.2. The Bertz CT molecular complexity index is 950. The summed E-state index contributed by atoms with van der Waals surface area (Å²) in [6, 6.07) is 17.0. The summed E-state index contributed by atoms with van der Waals surface area (Å²) in [4.78, 5) is 29.2. The highest BCUT2D eigenvalue weighted by atomic mass is 16.2. The monoisotopic (exact) mass is 392 g/mol. The van der Waals surface area contributed by atoms with Gasteiger partial charge in [-0.3, -0.25) is 9.59 Å². The van der Waals surface area contributed by atoms with Gasteiger partial charge < -0.3 is 15.2 Å². The van der Waals surface area contributed by atoms with Crippen LogP contribution in [-0.2, 0) is 17.8 Å². The van der Waals surface area contributed by atoms with E-state index in [0.717, 1.165) is 36.1 Å². The van der Waals surface area contributed by atoms with Crippen molar-refractivity contribution in [2.45, 2.75) is 39.2 Å². The molecule has 0 aliphatic rings. The molecule has 3 aromatic rings. The van der Waals surface area contributed by atoms with E-state index in [-0.39, 0.29) is 18.4 Å². The molecule has 1 aromatic heterocycles. The second-order valence-corrected chi connectivity index (χ2v) is 7.03. The maximum absolute atomic E-state index is 12.3. The molecule has 0 bridgehead atoms. The molecule has 2 amide bonds. The smallest absolute Gasteiger partial charge is 0.251 e. The van der Waals surface area contributed by atoms with Crippen LogP contribution in [0.2, 0.25) is 0 Å². The van der Waals surface area contributed by atoms with Crippen LogP contribution in [-0.4, -0.2) is 34.5 Å². The molecule has 1 heterocycles. The number of benzene rings is 2. The van der Waals surface area contributed by atoms with Crippen LogP contribution >= 0.6 is 0 Å². The molecule has 6 nitrogen and oxygen atoms in total. The lowest BCUT2D eigenvalue weighted by Gasteiger charge is -2.10. The summed E-state index contributed by atoms with van der Waals surface area (Å²) in [6.07, 6.45) is 3.46. The number of amides is 2. The van der Waals surface area contributed by atoms with Crippen LogP contribution in [0.1, 0.15) is 42.4 Å². The van der Waals surface area contributed by atoms with Gasteiger partial charge in [0.25, 0.3) is 5.91 Å². The summed E-state index contributed by atoms with van der Waals surface area (Å²) in [5.41, 5.74) is 2.50. The average Bonchev–Trinajstić information content (AvgIpc) is 3.09. The number of nitrogens with zero attached hydrogens (tertiary/aromatic N) is 2. The highest BCUT2D eigenvalue weighted by Gasteiger charge is 2.13. The molecular weight excluding hydrogens is 364 g/mol. The Morgan fingerprint density at radius 3 is 2.45 bits per heavy atom. The predicted octanol–water partition coefficient (Wildman–Crippen LogP) is 3.32. The first kappa shape index (κ1) is 20.6. The third-order valence-electron chi connectivity index (χ3n) is 4.79. The molecule has 0 spiro atoms. The van der Waals surface area contributed by atoms with E-state index >= 15 is 0 Å². The van der Waals surface area contributed by atoms with Crippen molar-refractivity contribution in [2.75, 3.05) is 13.1 Å². The van der Waals surface area contributed by atoms with Gasteiger partial charge >= 0.3 is 0 Å². The topological polar surface area (TPSA) is 76.0 Å². The third kappa shape index (κ3) is 5.67. The number of nitrogens with one attached hydrogen (secondary N) is 2. The zero-order valence-corrected chi connectivity index (χ0v) is 16.9. The molecule has 0 unspecified atom stereocenters. The summed E-state index contributed by atoms with van der Waals surface area (Å²) in [6.45, 7) is 3.61. The molecule has 0 aliphatic carbocycles. The standard InChI is InChI=1S/C23H28N4O2/c1-2-3-15-24-22(28)17-27-20-13-8-7-12-19(20)26-21(27)14-9-16-25-23(29)18-10-5-4-6-11-18/h4-8,10-13H,2-3,9,14-17H2,1H3,(H,24,28)(H,25,29). The summed E-state index contributed by atoms with van der Waals surface area (Å²) in [5.74, 6) is 0.792. The predicted molar refractivity (Wildman–Crippen MR) is 115 cm³/mol. The number of hydrogen-bond donors (Lipinski definition) is 2. The minimum absolute atomic E-state index is 0.000216. The van der Waals surface area contributed by atoms with Gasteiger partial charge in [0, 0.05) is 25.1 Å². The molecule has 2 aromatic carbocycles. The van der Waals surface area contributed by atoms with Crippen molar-refractivity contribution in [1.82, 2.24) is 20.2 Å². The van der Waals surface area contributed by atoms with Crippen molar-refractivity contribution in [2.24, 2.45) is 0 Å². The zero-order chi connectivity index (χ0) is 20.5. The molecule has 3 rings (SSSR count). The number of rotatable bonds is 10. The van der Waals surface area contributed by atoms with Crippen LogP contribution < -0.4 is 10.6 Å². The number of unbranched alkanes of at least 4 members (excludes halogenated alkanes) is 1. The highest BCUT2D eigenvalue weighted by Crippen LogP contribution is 2.17. The molecule has 0 saturated heterocycles. The van der Waals surface area contributed by atoms with Gasteiger partial charge in [-0.25, -0.2) is 4.98 Å². The quantitative estimate of drug-likeness (QED) is 0.520. The molecule has 29 heavy (non-hydrogen) atoms. The van der Waals surface area contributed by atoms with E-state index in [1.54, 1.807) is 12.1 Å². The Morgan fingerprint density at radius 2 is 1.66 bits per heavy atom. The molecule has 0 saturated carbocycles. The van der Waals surface area contributed by atoms with Crippen molar-refractivity contribution in [3.63, 3.8) is 0 Å². The van der Waals surface area contributed by atoms with Crippen LogP contribution in [0.3, 0.4) is 0 Å². The lowest BCUT2D eigenvalue weighted by molar-refractivity contribution is -0.121. The van der Waals surface area contributed by atoms with E-state index in [9.17, 15) is 9.59 Å². The fourth-order valence-corrected chi connectivity index (χ4v) is 3.24. The van der Waals surface area contributed by atoms with Crippen LogP contribution in [0.25, 0.3) is 11.0 Å². The summed E-state index contributed by atoms with van der Waals surface area (Å²) >= 11 is 0. The van der Waals surface area contributed by atoms with Crippen LogP contribution in [0.15, 0.2) is 54.6 Å². The number of fused-ring (bicyclic) bond motifs is 1. The van der Waals surface area contributed by atoms with E-state index in [4.69, 9.17) is 4.98 Å². The molecule has 152 valence electrons. The normalized spacial score (nSPS) is 10.8. The first-order valence-electron chi connectivity index (χ1n) is 10.2. The van der Waals surface area contributed by atoms with Gasteiger partial charge in [0.1, 0.15) is 12.4 Å². The number of aromatic nitrogens is 2. The van der Waals surface area contributed by atoms with Crippen LogP contribution in [0.4, 0.5) is 0 Å². The Hall–Kier alpha value is -3.15. The highest BCUT2D eigenvalue weighted by molar-refractivity contribution is 5.94. The number of hydrogen-bond acceptors (Lipinski definition) is 3. The maximum atomic E-state index is 12.3. The van der Waals surface area contributed by atoms with E-state index in [1.807, 2.05) is 47.0 Å². The molecule has 0 aliphatic heterocycles. The minimum Gasteiger partial charge on any atom is -0.355 e. The van der Waals surface area contributed by atoms with Crippen molar-refractivity contribution in [3.05, 3.63) is 66.0 Å². The Balaban J connectivity index is 1.61. The van der Waals surface area contributed by atoms with E-state index in [1.165, 1.54) is 0 Å². The van der Waals surface area contributed by atoms with Crippen molar-refractivity contribution in [3.8, 4) is 0 Å². The zero-order valence-electron chi connectivity index (χ0n) is 16.9. The molecule has 0 atom stereocenters. The second-order valence-electron chi connectivity index (χ2n) is 7.03. The lowest BCUT2D eigenvalue weighted by Crippen LogP contribution is -2.29. The Kier molecular flexibility index (Phi) is 7.39. The van der Waals surface area contributed by atoms with Crippen molar-refractivity contribution in [1.29, 1.82) is 0 Å². The van der Waals surface area contributed by atoms with Gasteiger partial charge in [-0.1, -0.05) is 43.7 Å². The van der Waals surface area contributed by atoms with E-state index in [0.29, 0.717) is 25.1 Å². The summed E-state index contributed by atoms with van der Waals surface area (Å²) < 4.78 is 1.98. The van der Waals surface area contributed by atoms with Crippen LogP contribution in [0.5, 0.6) is 0 Å². The van der Waals surface area contributed by atoms with Gasteiger partial charge in [-0.15, -0.1) is 0 Å². The van der Waals surface area contributed by atoms with Gasteiger partial charge in [0.15, 0.2) is 0 Å². The number of carbonyl (C=O) groups excluding carboxylic acids is 2. The number of para-hydroxylation sites is 2. The summed E-state index contributed by atoms with van der Waals surface area (Å²) in [5, 5.41) is 5.91. The molecule has 6 heteroatoms. The van der Waals surface area contributed by atoms with Gasteiger partial charge in [-0.05, 0) is 37.1 Å². The number of carbonyl (C=O) groups is 2. The van der Waals surface area contributed by atoms with Crippen LogP contribution in [0, 0.1) is 0 Å². The van der Waals surface area contributed by atoms with E-state index < -0.39 is 0 Å². The van der Waals surface area contributed by atoms with Gasteiger partial charge in [-0.2, -0.15) is 0 Å². The maximum Gasteiger partial charge on any atom is 0.251 e. The first-order chi connectivity index (χ1) is 14.2. The Morgan fingerprint density at radius 1 is 0.931 bits per heavy atom. The fourth-order valence-electron chi connectivity index (χ4n) is 3.24. The number of imidazole rings is 1. The minimum atomic E-state index is -0.0746. The van der Waals surface area contributed by atoms with Crippen molar-refractivity contribution >= 4 is 22.8 Å². The van der Waals surface area contributed by atoms with Gasteiger partial charge in [0.2, 0.25) is 5.91 Å². The van der Waals surface area contributed by atoms with Gasteiger partial charge in [0.05, 0.1) is 11.0 Å². The van der Waals surface area contributed by atoms with E-state index in [2.05, 4.69) is 17.6 Å². The molecule has 0 fully saturated rings. The fraction of sp³-hybridized carbons (Fsp3) is 0.348. The molecular formula is C23H28N4O2.